The highest BCUT2D eigenvalue weighted by atomic mass is 32.1. The molecule has 1 N–H and O–H groups in total. The lowest BCUT2D eigenvalue weighted by molar-refractivity contribution is 0.497. The molecule has 2 rings (SSSR count). The molecule has 2 heterocycles. The van der Waals surface area contributed by atoms with E-state index in [1.165, 1.54) is 4.88 Å². The first-order valence-electron chi connectivity index (χ1n) is 3.58. The van der Waals surface area contributed by atoms with Gasteiger partial charge in [0, 0.05) is 4.88 Å². The number of rotatable bonds is 2. The lowest BCUT2D eigenvalue weighted by Gasteiger charge is -1.95. The number of hydrogen-bond donors (Lipinski definition) is 1. The third-order valence-corrected chi connectivity index (χ3v) is 2.29. The van der Waals surface area contributed by atoms with Crippen molar-refractivity contribution in [3.63, 3.8) is 0 Å². The smallest absolute Gasteiger partial charge is 0.181 e. The van der Waals surface area contributed by atoms with Gasteiger partial charge in [0.25, 0.3) is 0 Å². The largest absolute Gasteiger partial charge is 0.443 e. The van der Waals surface area contributed by atoms with E-state index in [9.17, 15) is 0 Å². The van der Waals surface area contributed by atoms with Crippen LogP contribution < -0.4 is 4.74 Å². The Morgan fingerprint density at radius 3 is 3.00 bits per heavy atom. The van der Waals surface area contributed by atoms with E-state index < -0.39 is 0 Å². The molecule has 3 nitrogen and oxygen atoms in total. The van der Waals surface area contributed by atoms with Crippen LogP contribution in [-0.4, -0.2) is 10.2 Å². The summed E-state index contributed by atoms with van der Waals surface area (Å²) in [6.45, 7) is 2.05. The van der Waals surface area contributed by atoms with Gasteiger partial charge in [-0.05, 0) is 19.1 Å². The molecule has 4 heteroatoms. The second kappa shape index (κ2) is 2.98. The van der Waals surface area contributed by atoms with E-state index in [0.717, 1.165) is 10.8 Å². The van der Waals surface area contributed by atoms with Crippen LogP contribution in [0.3, 0.4) is 0 Å². The van der Waals surface area contributed by atoms with Crippen LogP contribution in [0.15, 0.2) is 24.5 Å². The zero-order valence-electron chi connectivity index (χ0n) is 6.57. The summed E-state index contributed by atoms with van der Waals surface area (Å²) < 4.78 is 5.46. The minimum Gasteiger partial charge on any atom is -0.443 e. The minimum absolute atomic E-state index is 0.747. The SMILES string of the molecule is Cc1ccc(Oc2cn[nH]c2)s1. The maximum absolute atomic E-state index is 5.46. The van der Waals surface area contributed by atoms with Crippen LogP contribution in [0.25, 0.3) is 0 Å². The van der Waals surface area contributed by atoms with Gasteiger partial charge in [-0.1, -0.05) is 0 Å². The average molecular weight is 180 g/mol. The zero-order valence-corrected chi connectivity index (χ0v) is 7.39. The van der Waals surface area contributed by atoms with Crippen LogP contribution in [0.5, 0.6) is 10.8 Å². The van der Waals surface area contributed by atoms with Crippen LogP contribution >= 0.6 is 11.3 Å². The molecule has 0 aromatic carbocycles. The van der Waals surface area contributed by atoms with Gasteiger partial charge in [0.15, 0.2) is 10.8 Å². The molecule has 0 saturated heterocycles. The van der Waals surface area contributed by atoms with Gasteiger partial charge in [0.1, 0.15) is 0 Å². The highest BCUT2D eigenvalue weighted by molar-refractivity contribution is 7.13. The molecule has 62 valence electrons. The number of aromatic amines is 1. The highest BCUT2D eigenvalue weighted by Gasteiger charge is 1.99. The van der Waals surface area contributed by atoms with Crippen LogP contribution in [0, 0.1) is 6.92 Å². The highest BCUT2D eigenvalue weighted by Crippen LogP contribution is 2.27. The fraction of sp³-hybridized carbons (Fsp3) is 0.125. The number of nitrogens with zero attached hydrogens (tertiary/aromatic N) is 1. The molecular formula is C8H8N2OS. The lowest BCUT2D eigenvalue weighted by Crippen LogP contribution is -1.74. The van der Waals surface area contributed by atoms with Gasteiger partial charge in [-0.3, -0.25) is 5.10 Å². The van der Waals surface area contributed by atoms with Crippen molar-refractivity contribution in [1.29, 1.82) is 0 Å². The van der Waals surface area contributed by atoms with Gasteiger partial charge >= 0.3 is 0 Å². The summed E-state index contributed by atoms with van der Waals surface area (Å²) in [6, 6.07) is 3.98. The molecule has 0 aliphatic heterocycles. The van der Waals surface area contributed by atoms with Crippen molar-refractivity contribution < 1.29 is 4.74 Å². The summed E-state index contributed by atoms with van der Waals surface area (Å²) in [7, 11) is 0. The molecule has 0 fully saturated rings. The lowest BCUT2D eigenvalue weighted by atomic mass is 10.5. The summed E-state index contributed by atoms with van der Waals surface area (Å²) in [5, 5.41) is 7.36. The standard InChI is InChI=1S/C8H8N2OS/c1-6-2-3-8(12-6)11-7-4-9-10-5-7/h2-5H,1H3,(H,9,10). The van der Waals surface area contributed by atoms with E-state index >= 15 is 0 Å². The summed E-state index contributed by atoms with van der Waals surface area (Å²) in [5.74, 6) is 0.747. The van der Waals surface area contributed by atoms with Gasteiger partial charge < -0.3 is 4.74 Å². The Labute approximate surface area is 74.0 Å². The van der Waals surface area contributed by atoms with Crippen LogP contribution in [0.4, 0.5) is 0 Å². The molecule has 0 aliphatic rings. The van der Waals surface area contributed by atoms with Gasteiger partial charge in [0.05, 0.1) is 12.4 Å². The van der Waals surface area contributed by atoms with E-state index in [0.29, 0.717) is 0 Å². The van der Waals surface area contributed by atoms with E-state index in [1.54, 1.807) is 23.7 Å². The fourth-order valence-electron chi connectivity index (χ4n) is 0.878. The Kier molecular flexibility index (Phi) is 1.83. The van der Waals surface area contributed by atoms with Gasteiger partial charge in [-0.2, -0.15) is 5.10 Å². The van der Waals surface area contributed by atoms with Crippen molar-refractivity contribution >= 4 is 11.3 Å². The maximum Gasteiger partial charge on any atom is 0.181 e. The molecule has 0 radical (unpaired) electrons. The monoisotopic (exact) mass is 180 g/mol. The third kappa shape index (κ3) is 1.48. The number of H-pyrrole nitrogens is 1. The molecule has 0 atom stereocenters. The van der Waals surface area contributed by atoms with E-state index in [4.69, 9.17) is 4.74 Å². The first-order chi connectivity index (χ1) is 5.84. The molecule has 0 saturated carbocycles. The summed E-state index contributed by atoms with van der Waals surface area (Å²) >= 11 is 1.62. The Bertz CT molecular complexity index is 353. The van der Waals surface area contributed by atoms with Crippen molar-refractivity contribution in [2.45, 2.75) is 6.92 Å². The van der Waals surface area contributed by atoms with Crippen LogP contribution in [0.2, 0.25) is 0 Å². The van der Waals surface area contributed by atoms with Crippen molar-refractivity contribution in [3.05, 3.63) is 29.4 Å². The van der Waals surface area contributed by atoms with Crippen molar-refractivity contribution in [1.82, 2.24) is 10.2 Å². The topological polar surface area (TPSA) is 37.9 Å². The Morgan fingerprint density at radius 2 is 2.42 bits per heavy atom. The minimum atomic E-state index is 0.747. The van der Waals surface area contributed by atoms with Gasteiger partial charge in [0.2, 0.25) is 0 Å². The molecule has 12 heavy (non-hydrogen) atoms. The molecule has 0 aliphatic carbocycles. The van der Waals surface area contributed by atoms with E-state index in [1.807, 2.05) is 19.1 Å². The molecule has 0 unspecified atom stereocenters. The molecule has 2 aromatic heterocycles. The third-order valence-electron chi connectivity index (χ3n) is 1.41. The van der Waals surface area contributed by atoms with Crippen LogP contribution in [0.1, 0.15) is 4.88 Å². The quantitative estimate of drug-likeness (QED) is 0.771. The number of nitrogens with one attached hydrogen (secondary N) is 1. The predicted octanol–water partition coefficient (Wildman–Crippen LogP) is 2.57. The van der Waals surface area contributed by atoms with Gasteiger partial charge in [-0.25, -0.2) is 0 Å². The first kappa shape index (κ1) is 7.36. The predicted molar refractivity (Wildman–Crippen MR) is 47.7 cm³/mol. The van der Waals surface area contributed by atoms with Crippen molar-refractivity contribution in [2.75, 3.05) is 0 Å². The molecule has 0 amide bonds. The number of hydrogen-bond acceptors (Lipinski definition) is 3. The fourth-order valence-corrected chi connectivity index (χ4v) is 1.61. The second-order valence-corrected chi connectivity index (χ2v) is 3.65. The van der Waals surface area contributed by atoms with E-state index in [2.05, 4.69) is 10.2 Å². The molecule has 0 spiro atoms. The first-order valence-corrected chi connectivity index (χ1v) is 4.39. The Balaban J connectivity index is 2.14. The molecular weight excluding hydrogens is 172 g/mol. The van der Waals surface area contributed by atoms with Crippen LogP contribution in [-0.2, 0) is 0 Å². The van der Waals surface area contributed by atoms with Gasteiger partial charge in [-0.15, -0.1) is 11.3 Å². The average Bonchev–Trinajstić information content (AvgIpc) is 2.63. The number of thiophene rings is 1. The zero-order chi connectivity index (χ0) is 8.39. The Hall–Kier alpha value is -1.29. The number of ether oxygens (including phenoxy) is 1. The van der Waals surface area contributed by atoms with E-state index in [-0.39, 0.29) is 0 Å². The summed E-state index contributed by atoms with van der Waals surface area (Å²) in [5.41, 5.74) is 0. The van der Waals surface area contributed by atoms with Crippen molar-refractivity contribution in [2.24, 2.45) is 0 Å². The second-order valence-electron chi connectivity index (χ2n) is 2.40. The normalized spacial score (nSPS) is 10.1. The number of aryl methyl sites for hydroxylation is 1. The Morgan fingerprint density at radius 1 is 1.50 bits per heavy atom. The summed E-state index contributed by atoms with van der Waals surface area (Å²) in [4.78, 5) is 1.24. The maximum atomic E-state index is 5.46. The molecule has 0 bridgehead atoms. The van der Waals surface area contributed by atoms with Crippen molar-refractivity contribution in [3.8, 4) is 10.8 Å². The summed E-state index contributed by atoms with van der Waals surface area (Å²) in [6.07, 6.45) is 3.37. The molecule has 2 aromatic rings. The number of aromatic nitrogens is 2.